The third-order valence-corrected chi connectivity index (χ3v) is 2.65. The zero-order valence-electron chi connectivity index (χ0n) is 6.88. The van der Waals surface area contributed by atoms with Crippen molar-refractivity contribution < 1.29 is 4.74 Å². The van der Waals surface area contributed by atoms with Crippen molar-refractivity contribution in [2.24, 2.45) is 0 Å². The molecule has 0 aliphatic carbocycles. The lowest BCUT2D eigenvalue weighted by molar-refractivity contribution is 0.167. The lowest BCUT2D eigenvalue weighted by atomic mass is 10.5. The molecule has 0 aliphatic rings. The van der Waals surface area contributed by atoms with Gasteiger partial charge in [-0.25, -0.2) is 0 Å². The fraction of sp³-hybridized carbons (Fsp3) is 0.429. The van der Waals surface area contributed by atoms with E-state index in [-0.39, 0.29) is 25.9 Å². The maximum absolute atomic E-state index is 5.68. The van der Waals surface area contributed by atoms with Gasteiger partial charge in [0, 0.05) is 0 Å². The van der Waals surface area contributed by atoms with Crippen molar-refractivity contribution in [3.05, 3.63) is 19.8 Å². The van der Waals surface area contributed by atoms with E-state index in [9.17, 15) is 0 Å². The van der Waals surface area contributed by atoms with Gasteiger partial charge in [0.2, 0.25) is 5.22 Å². The van der Waals surface area contributed by atoms with Gasteiger partial charge in [0.1, 0.15) is 9.52 Å². The van der Waals surface area contributed by atoms with Gasteiger partial charge in [-0.05, 0) is 25.4 Å². The van der Waals surface area contributed by atoms with Crippen molar-refractivity contribution in [3.8, 4) is 0 Å². The summed E-state index contributed by atoms with van der Waals surface area (Å²) in [6.07, 6.45) is -0.0974. The molecule has 0 amide bonds. The minimum atomic E-state index is -0.155. The summed E-state index contributed by atoms with van der Waals surface area (Å²) in [6, 6.07) is 0. The molecule has 0 heterocycles. The summed E-state index contributed by atoms with van der Waals surface area (Å²) in [6.45, 7) is 3.60. The van der Waals surface area contributed by atoms with Gasteiger partial charge < -0.3 is 4.74 Å². The first-order valence-corrected chi connectivity index (χ1v) is 5.18. The van der Waals surface area contributed by atoms with E-state index in [1.54, 1.807) is 13.8 Å². The topological polar surface area (TPSA) is 9.23 Å². The van der Waals surface area contributed by atoms with E-state index < -0.39 is 0 Å². The van der Waals surface area contributed by atoms with Crippen LogP contribution in [0.15, 0.2) is 19.8 Å². The van der Waals surface area contributed by atoms with Crippen LogP contribution < -0.4 is 0 Å². The van der Waals surface area contributed by atoms with Crippen LogP contribution in [-0.2, 0) is 4.74 Å². The highest BCUT2D eigenvalue weighted by atomic mass is 35.5. The van der Waals surface area contributed by atoms with Crippen molar-refractivity contribution in [1.29, 1.82) is 0 Å². The maximum Gasteiger partial charge on any atom is 0.207 e. The Balaban J connectivity index is 4.72. The summed E-state index contributed by atoms with van der Waals surface area (Å²) in [7, 11) is 0. The van der Waals surface area contributed by atoms with E-state index in [1.807, 2.05) is 0 Å². The summed E-state index contributed by atoms with van der Waals surface area (Å²) in [5.74, 6) is 0. The second-order valence-corrected chi connectivity index (χ2v) is 4.38. The Morgan fingerprint density at radius 3 is 1.69 bits per heavy atom. The van der Waals surface area contributed by atoms with Crippen molar-refractivity contribution >= 4 is 58.0 Å². The van der Waals surface area contributed by atoms with Crippen LogP contribution in [-0.4, -0.2) is 6.10 Å². The molecule has 0 rings (SSSR count). The number of hydrogen-bond donors (Lipinski definition) is 0. The fourth-order valence-corrected chi connectivity index (χ4v) is 1.26. The second-order valence-electron chi connectivity index (χ2n) is 2.33. The zero-order valence-corrected chi connectivity index (χ0v) is 10.7. The monoisotopic (exact) mass is 282 g/mol. The minimum absolute atomic E-state index is 0.00275. The molecular weight excluding hydrogens is 277 g/mol. The van der Waals surface area contributed by atoms with Crippen LogP contribution in [0.25, 0.3) is 0 Å². The molecule has 1 nitrogen and oxygen atoms in total. The lowest BCUT2D eigenvalue weighted by Gasteiger charge is -2.09. The second kappa shape index (κ2) is 6.26. The van der Waals surface area contributed by atoms with Crippen LogP contribution in [0.2, 0.25) is 0 Å². The molecule has 0 saturated heterocycles. The summed E-state index contributed by atoms with van der Waals surface area (Å²) in [5.41, 5.74) is 0. The Labute approximate surface area is 102 Å². The van der Waals surface area contributed by atoms with E-state index in [4.69, 9.17) is 62.7 Å². The van der Waals surface area contributed by atoms with Gasteiger partial charge in [-0.15, -0.1) is 0 Å². The molecule has 0 aromatic carbocycles. The highest BCUT2D eigenvalue weighted by Crippen LogP contribution is 2.31. The average molecular weight is 284 g/mol. The normalized spacial score (nSPS) is 12.6. The number of allylic oxidation sites excluding steroid dienone is 2. The first kappa shape index (κ1) is 13.7. The molecule has 0 fully saturated rings. The molecule has 0 aromatic rings. The predicted molar refractivity (Wildman–Crippen MR) is 59.5 cm³/mol. The zero-order chi connectivity index (χ0) is 10.6. The summed E-state index contributed by atoms with van der Waals surface area (Å²) in [4.78, 5) is 0. The van der Waals surface area contributed by atoms with Crippen molar-refractivity contribution in [2.75, 3.05) is 0 Å². The van der Waals surface area contributed by atoms with Crippen LogP contribution in [0, 0.1) is 0 Å². The van der Waals surface area contributed by atoms with Crippen molar-refractivity contribution in [2.45, 2.75) is 20.0 Å². The quantitative estimate of drug-likeness (QED) is 0.526. The summed E-state index contributed by atoms with van der Waals surface area (Å²) < 4.78 is 4.91. The number of hydrogen-bond acceptors (Lipinski definition) is 1. The first-order chi connectivity index (χ1) is 5.86. The molecule has 0 saturated carbocycles. The number of rotatable bonds is 3. The van der Waals surface area contributed by atoms with Gasteiger partial charge in [0.05, 0.1) is 11.1 Å². The molecule has 0 aromatic heterocycles. The molecule has 0 aliphatic heterocycles. The van der Waals surface area contributed by atoms with Crippen LogP contribution in [0.5, 0.6) is 0 Å². The predicted octanol–water partition coefficient (Wildman–Crippen LogP) is 4.94. The average Bonchev–Trinajstić information content (AvgIpc) is 2.00. The largest absolute Gasteiger partial charge is 0.479 e. The molecule has 0 spiro atoms. The highest BCUT2D eigenvalue weighted by molar-refractivity contribution is 6.62. The summed E-state index contributed by atoms with van der Waals surface area (Å²) in [5, 5.41) is -0.0619. The highest BCUT2D eigenvalue weighted by Gasteiger charge is 2.11. The fourth-order valence-electron chi connectivity index (χ4n) is 0.428. The van der Waals surface area contributed by atoms with E-state index in [0.29, 0.717) is 0 Å². The molecular formula is C7H7Cl5O. The van der Waals surface area contributed by atoms with E-state index in [1.165, 1.54) is 0 Å². The Morgan fingerprint density at radius 1 is 0.923 bits per heavy atom. The Kier molecular flexibility index (Phi) is 6.61. The van der Waals surface area contributed by atoms with Crippen LogP contribution >= 0.6 is 58.0 Å². The third-order valence-electron chi connectivity index (χ3n) is 0.870. The number of halogens is 5. The molecule has 6 heteroatoms. The maximum atomic E-state index is 5.68. The van der Waals surface area contributed by atoms with Crippen LogP contribution in [0.3, 0.4) is 0 Å². The van der Waals surface area contributed by atoms with Crippen LogP contribution in [0.4, 0.5) is 0 Å². The van der Waals surface area contributed by atoms with Crippen molar-refractivity contribution in [1.82, 2.24) is 0 Å². The summed E-state index contributed by atoms with van der Waals surface area (Å²) >= 11 is 27.7. The molecule has 0 atom stereocenters. The SMILES string of the molecule is CC(C)OC(Cl)=C(Cl)C(Cl)=C(Cl)Cl. The minimum Gasteiger partial charge on any atom is -0.479 e. The van der Waals surface area contributed by atoms with Gasteiger partial charge in [-0.1, -0.05) is 46.4 Å². The molecule has 76 valence electrons. The smallest absolute Gasteiger partial charge is 0.207 e. The Bertz CT molecular complexity index is 239. The molecule has 0 radical (unpaired) electrons. The first-order valence-electron chi connectivity index (χ1n) is 3.29. The van der Waals surface area contributed by atoms with Gasteiger partial charge in [0.15, 0.2) is 0 Å². The number of ether oxygens (including phenoxy) is 1. The van der Waals surface area contributed by atoms with Gasteiger partial charge in [0.25, 0.3) is 0 Å². The van der Waals surface area contributed by atoms with E-state index in [2.05, 4.69) is 0 Å². The van der Waals surface area contributed by atoms with Gasteiger partial charge >= 0.3 is 0 Å². The molecule has 13 heavy (non-hydrogen) atoms. The molecule has 0 bridgehead atoms. The lowest BCUT2D eigenvalue weighted by Crippen LogP contribution is -2.00. The van der Waals surface area contributed by atoms with Gasteiger partial charge in [-0.2, -0.15) is 0 Å². The third kappa shape index (κ3) is 5.24. The van der Waals surface area contributed by atoms with Crippen molar-refractivity contribution in [3.63, 3.8) is 0 Å². The van der Waals surface area contributed by atoms with E-state index >= 15 is 0 Å². The molecule has 0 N–H and O–H groups in total. The standard InChI is InChI=1S/C7H7Cl5O/c1-3(2)13-7(12)5(9)4(8)6(10)11/h3H,1-2H3. The Morgan fingerprint density at radius 2 is 1.38 bits per heavy atom. The molecule has 0 unspecified atom stereocenters. The van der Waals surface area contributed by atoms with Gasteiger partial charge in [-0.3, -0.25) is 0 Å². The van der Waals surface area contributed by atoms with Crippen LogP contribution in [0.1, 0.15) is 13.8 Å². The van der Waals surface area contributed by atoms with E-state index in [0.717, 1.165) is 0 Å². The Hall–Kier alpha value is 0.730.